The van der Waals surface area contributed by atoms with Crippen molar-refractivity contribution in [3.8, 4) is 11.6 Å². The molecule has 0 radical (unpaired) electrons. The van der Waals surface area contributed by atoms with Gasteiger partial charge in [-0.3, -0.25) is 0 Å². The SMILES string of the molecule is COc1nccc(OC2CCC2)c1I. The lowest BCUT2D eigenvalue weighted by Crippen LogP contribution is -2.25. The normalized spacial score (nSPS) is 16.1. The van der Waals surface area contributed by atoms with Crippen molar-refractivity contribution < 1.29 is 9.47 Å². The van der Waals surface area contributed by atoms with Crippen molar-refractivity contribution in [2.75, 3.05) is 7.11 Å². The monoisotopic (exact) mass is 305 g/mol. The minimum atomic E-state index is 0.399. The summed E-state index contributed by atoms with van der Waals surface area (Å²) < 4.78 is 11.9. The Bertz CT molecular complexity index is 326. The first-order valence-electron chi connectivity index (χ1n) is 4.66. The first kappa shape index (κ1) is 10.0. The van der Waals surface area contributed by atoms with Crippen LogP contribution in [0.25, 0.3) is 0 Å². The zero-order chi connectivity index (χ0) is 9.97. The van der Waals surface area contributed by atoms with Crippen LogP contribution in [-0.2, 0) is 0 Å². The van der Waals surface area contributed by atoms with Crippen LogP contribution in [0.5, 0.6) is 11.6 Å². The van der Waals surface area contributed by atoms with Crippen LogP contribution in [0.3, 0.4) is 0 Å². The Morgan fingerprint density at radius 1 is 1.50 bits per heavy atom. The number of nitrogens with zero attached hydrogens (tertiary/aromatic N) is 1. The smallest absolute Gasteiger partial charge is 0.230 e. The van der Waals surface area contributed by atoms with Crippen LogP contribution in [0.15, 0.2) is 12.3 Å². The van der Waals surface area contributed by atoms with Crippen LogP contribution < -0.4 is 9.47 Å². The third-order valence-electron chi connectivity index (χ3n) is 2.36. The van der Waals surface area contributed by atoms with E-state index in [-0.39, 0.29) is 0 Å². The first-order valence-corrected chi connectivity index (χ1v) is 5.74. The maximum Gasteiger partial charge on any atom is 0.230 e. The molecule has 1 aromatic rings. The second-order valence-electron chi connectivity index (χ2n) is 3.30. The summed E-state index contributed by atoms with van der Waals surface area (Å²) in [6.07, 6.45) is 5.73. The summed E-state index contributed by atoms with van der Waals surface area (Å²) in [5.74, 6) is 1.53. The van der Waals surface area contributed by atoms with Gasteiger partial charge in [-0.25, -0.2) is 4.98 Å². The van der Waals surface area contributed by atoms with Crippen LogP contribution in [-0.4, -0.2) is 18.2 Å². The Morgan fingerprint density at radius 3 is 2.86 bits per heavy atom. The highest BCUT2D eigenvalue weighted by Crippen LogP contribution is 2.31. The zero-order valence-corrected chi connectivity index (χ0v) is 10.2. The molecule has 2 rings (SSSR count). The molecule has 1 aromatic heterocycles. The highest BCUT2D eigenvalue weighted by Gasteiger charge is 2.20. The number of rotatable bonds is 3. The van der Waals surface area contributed by atoms with E-state index in [0.717, 1.165) is 9.32 Å². The van der Waals surface area contributed by atoms with Crippen LogP contribution in [0, 0.1) is 3.57 Å². The van der Waals surface area contributed by atoms with Crippen molar-refractivity contribution >= 4 is 22.6 Å². The van der Waals surface area contributed by atoms with Crippen LogP contribution in [0.1, 0.15) is 19.3 Å². The van der Waals surface area contributed by atoms with Gasteiger partial charge in [0, 0.05) is 6.20 Å². The van der Waals surface area contributed by atoms with Crippen LogP contribution in [0.4, 0.5) is 0 Å². The summed E-state index contributed by atoms with van der Waals surface area (Å²) in [4.78, 5) is 4.10. The highest BCUT2D eigenvalue weighted by atomic mass is 127. The number of hydrogen-bond donors (Lipinski definition) is 0. The average molecular weight is 305 g/mol. The molecular weight excluding hydrogens is 293 g/mol. The number of hydrogen-bond acceptors (Lipinski definition) is 3. The van der Waals surface area contributed by atoms with Crippen molar-refractivity contribution in [2.24, 2.45) is 0 Å². The molecule has 1 aliphatic carbocycles. The summed E-state index contributed by atoms with van der Waals surface area (Å²) >= 11 is 2.20. The van der Waals surface area contributed by atoms with E-state index < -0.39 is 0 Å². The van der Waals surface area contributed by atoms with Crippen molar-refractivity contribution in [1.29, 1.82) is 0 Å². The molecule has 3 nitrogen and oxygen atoms in total. The van der Waals surface area contributed by atoms with Crippen LogP contribution >= 0.6 is 22.6 Å². The molecule has 76 valence electrons. The zero-order valence-electron chi connectivity index (χ0n) is 8.00. The summed E-state index contributed by atoms with van der Waals surface area (Å²) in [5.41, 5.74) is 0. The molecule has 1 aliphatic rings. The van der Waals surface area contributed by atoms with E-state index >= 15 is 0 Å². The third-order valence-corrected chi connectivity index (χ3v) is 3.35. The summed E-state index contributed by atoms with van der Waals surface area (Å²) in [5, 5.41) is 0. The topological polar surface area (TPSA) is 31.4 Å². The van der Waals surface area contributed by atoms with Crippen LogP contribution in [0.2, 0.25) is 0 Å². The molecule has 1 heterocycles. The quantitative estimate of drug-likeness (QED) is 0.805. The van der Waals surface area contributed by atoms with Gasteiger partial charge in [-0.15, -0.1) is 0 Å². The average Bonchev–Trinajstić information content (AvgIpc) is 2.13. The molecule has 1 saturated carbocycles. The van der Waals surface area contributed by atoms with Gasteiger partial charge in [0.25, 0.3) is 0 Å². The van der Waals surface area contributed by atoms with E-state index in [1.165, 1.54) is 19.3 Å². The molecule has 0 amide bonds. The molecule has 0 atom stereocenters. The fourth-order valence-electron chi connectivity index (χ4n) is 1.31. The molecule has 0 saturated heterocycles. The summed E-state index contributed by atoms with van der Waals surface area (Å²) in [6.45, 7) is 0. The van der Waals surface area contributed by atoms with Gasteiger partial charge in [0.15, 0.2) is 0 Å². The number of aromatic nitrogens is 1. The fraction of sp³-hybridized carbons (Fsp3) is 0.500. The van der Waals surface area contributed by atoms with E-state index in [4.69, 9.17) is 9.47 Å². The van der Waals surface area contributed by atoms with E-state index in [1.807, 2.05) is 6.07 Å². The molecule has 0 bridgehead atoms. The Morgan fingerprint density at radius 2 is 2.29 bits per heavy atom. The first-order chi connectivity index (χ1) is 6.81. The van der Waals surface area contributed by atoms with E-state index in [2.05, 4.69) is 27.6 Å². The second-order valence-corrected chi connectivity index (χ2v) is 4.38. The third kappa shape index (κ3) is 1.94. The molecule has 0 N–H and O–H groups in total. The maximum atomic E-state index is 5.80. The van der Waals surface area contributed by atoms with Crippen molar-refractivity contribution in [3.63, 3.8) is 0 Å². The Hall–Kier alpha value is -0.520. The Balaban J connectivity index is 2.15. The summed E-state index contributed by atoms with van der Waals surface area (Å²) in [7, 11) is 1.62. The van der Waals surface area contributed by atoms with Gasteiger partial charge in [-0.05, 0) is 47.9 Å². The molecule has 14 heavy (non-hydrogen) atoms. The second kappa shape index (κ2) is 4.33. The van der Waals surface area contributed by atoms with Gasteiger partial charge >= 0.3 is 0 Å². The van der Waals surface area contributed by atoms with Crippen molar-refractivity contribution in [3.05, 3.63) is 15.8 Å². The molecule has 0 aliphatic heterocycles. The standard InChI is InChI=1S/C10H12INO2/c1-13-10-9(11)8(5-6-12-10)14-7-3-2-4-7/h5-7H,2-4H2,1H3. The molecule has 1 fully saturated rings. The largest absolute Gasteiger partial charge is 0.489 e. The maximum absolute atomic E-state index is 5.80. The fourth-order valence-corrected chi connectivity index (χ4v) is 1.98. The van der Waals surface area contributed by atoms with Gasteiger partial charge in [0.1, 0.15) is 9.32 Å². The Labute approximate surface area is 97.0 Å². The number of ether oxygens (including phenoxy) is 2. The minimum Gasteiger partial charge on any atom is -0.489 e. The van der Waals surface area contributed by atoms with Gasteiger partial charge in [-0.2, -0.15) is 0 Å². The number of pyridine rings is 1. The number of halogens is 1. The lowest BCUT2D eigenvalue weighted by atomic mass is 9.96. The number of methoxy groups -OCH3 is 1. The van der Waals surface area contributed by atoms with Gasteiger partial charge in [0.2, 0.25) is 5.88 Å². The predicted molar refractivity (Wildman–Crippen MR) is 61.8 cm³/mol. The Kier molecular flexibility index (Phi) is 3.10. The van der Waals surface area contributed by atoms with E-state index in [1.54, 1.807) is 13.3 Å². The molecular formula is C10H12INO2. The molecule has 0 unspecified atom stereocenters. The van der Waals surface area contributed by atoms with Crippen molar-refractivity contribution in [2.45, 2.75) is 25.4 Å². The predicted octanol–water partition coefficient (Wildman–Crippen LogP) is 2.63. The minimum absolute atomic E-state index is 0.399. The van der Waals surface area contributed by atoms with Gasteiger partial charge in [-0.1, -0.05) is 0 Å². The van der Waals surface area contributed by atoms with E-state index in [0.29, 0.717) is 12.0 Å². The molecule has 0 spiro atoms. The molecule has 0 aromatic carbocycles. The van der Waals surface area contributed by atoms with Crippen molar-refractivity contribution in [1.82, 2.24) is 4.98 Å². The summed E-state index contributed by atoms with van der Waals surface area (Å²) in [6, 6.07) is 1.89. The van der Waals surface area contributed by atoms with Gasteiger partial charge in [0.05, 0.1) is 13.2 Å². The highest BCUT2D eigenvalue weighted by molar-refractivity contribution is 14.1. The lowest BCUT2D eigenvalue weighted by Gasteiger charge is -2.26. The lowest BCUT2D eigenvalue weighted by molar-refractivity contribution is 0.118. The van der Waals surface area contributed by atoms with E-state index in [9.17, 15) is 0 Å². The van der Waals surface area contributed by atoms with Gasteiger partial charge < -0.3 is 9.47 Å². The molecule has 4 heteroatoms.